The van der Waals surface area contributed by atoms with Gasteiger partial charge in [0.25, 0.3) is 0 Å². The fourth-order valence-electron chi connectivity index (χ4n) is 2.42. The molecule has 0 saturated carbocycles. The molecule has 2 rings (SSSR count). The van der Waals surface area contributed by atoms with E-state index in [1.165, 1.54) is 17.8 Å². The van der Waals surface area contributed by atoms with Crippen LogP contribution in [0, 0.1) is 23.4 Å². The highest BCUT2D eigenvalue weighted by Crippen LogP contribution is 2.41. The van der Waals surface area contributed by atoms with E-state index in [0.29, 0.717) is 31.0 Å². The summed E-state index contributed by atoms with van der Waals surface area (Å²) in [5.41, 5.74) is -0.0703. The fraction of sp³-hybridized carbons (Fsp3) is 0.471. The van der Waals surface area contributed by atoms with Crippen molar-refractivity contribution in [3.05, 3.63) is 46.9 Å². The molecule has 1 aromatic heterocycles. The summed E-state index contributed by atoms with van der Waals surface area (Å²) in [7, 11) is -3.38. The fourth-order valence-corrected chi connectivity index (χ4v) is 2.91. The number of benzene rings is 1. The number of nitrogens with one attached hydrogen (secondary N) is 1. The van der Waals surface area contributed by atoms with Gasteiger partial charge < -0.3 is 14.5 Å². The molecule has 1 atom stereocenters. The zero-order chi connectivity index (χ0) is 21.8. The van der Waals surface area contributed by atoms with Gasteiger partial charge in [-0.05, 0) is 25.5 Å². The van der Waals surface area contributed by atoms with E-state index in [2.05, 4.69) is 14.9 Å². The molecule has 0 amide bonds. The normalized spacial score (nSPS) is 13.1. The van der Waals surface area contributed by atoms with E-state index >= 15 is 0 Å². The first kappa shape index (κ1) is 23.4. The summed E-state index contributed by atoms with van der Waals surface area (Å²) in [6.07, 6.45) is -0.515. The number of halogens is 3. The number of aryl methyl sites for hydroxylation is 1. The third kappa shape index (κ3) is 6.83. The molecule has 1 heterocycles. The van der Waals surface area contributed by atoms with E-state index in [4.69, 9.17) is 14.5 Å². The van der Waals surface area contributed by atoms with Gasteiger partial charge >= 0.3 is 7.82 Å². The molecular weight excluding hydrogens is 414 g/mol. The summed E-state index contributed by atoms with van der Waals surface area (Å²) in [5.74, 6) is -2.99. The van der Waals surface area contributed by atoms with E-state index in [0.717, 1.165) is 0 Å². The smallest absolute Gasteiger partial charge is 0.471 e. The molecule has 0 aliphatic rings. The molecule has 29 heavy (non-hydrogen) atoms. The molecule has 0 aliphatic carbocycles. The van der Waals surface area contributed by atoms with E-state index < -0.39 is 38.1 Å². The van der Waals surface area contributed by atoms with Crippen LogP contribution in [0.15, 0.2) is 18.2 Å². The van der Waals surface area contributed by atoms with E-state index in [-0.39, 0.29) is 17.1 Å². The van der Waals surface area contributed by atoms with Crippen LogP contribution in [0.4, 0.5) is 13.2 Å². The van der Waals surface area contributed by atoms with Crippen LogP contribution in [-0.2, 0) is 22.2 Å². The second-order valence-corrected chi connectivity index (χ2v) is 7.92. The second-order valence-electron chi connectivity index (χ2n) is 6.72. The summed E-state index contributed by atoms with van der Waals surface area (Å²) in [5, 5.41) is 6.82. The lowest BCUT2D eigenvalue weighted by Gasteiger charge is -2.14. The van der Waals surface area contributed by atoms with Crippen LogP contribution in [0.5, 0.6) is 5.88 Å². The molecule has 0 fully saturated rings. The lowest BCUT2D eigenvalue weighted by Crippen LogP contribution is -2.19. The molecule has 0 aliphatic heterocycles. The molecule has 0 spiro atoms. The van der Waals surface area contributed by atoms with Crippen molar-refractivity contribution >= 4 is 7.82 Å². The molecule has 3 N–H and O–H groups in total. The van der Waals surface area contributed by atoms with Crippen molar-refractivity contribution in [2.45, 2.75) is 39.6 Å². The Labute approximate surface area is 165 Å². The van der Waals surface area contributed by atoms with Crippen LogP contribution < -0.4 is 10.1 Å². The highest BCUT2D eigenvalue weighted by atomic mass is 31.2. The van der Waals surface area contributed by atoms with Crippen LogP contribution >= 0.6 is 7.82 Å². The summed E-state index contributed by atoms with van der Waals surface area (Å²) in [4.78, 5) is 18.1. The van der Waals surface area contributed by atoms with Crippen molar-refractivity contribution in [3.63, 3.8) is 0 Å². The minimum Gasteiger partial charge on any atom is -0.473 e. The van der Waals surface area contributed by atoms with Crippen LogP contribution in [-0.4, -0.2) is 26.6 Å². The Bertz CT molecular complexity index is 887. The van der Waals surface area contributed by atoms with E-state index in [1.54, 1.807) is 0 Å². The van der Waals surface area contributed by atoms with Gasteiger partial charge in [0, 0.05) is 24.2 Å². The van der Waals surface area contributed by atoms with Crippen LogP contribution in [0.3, 0.4) is 0 Å². The number of rotatable bonds is 10. The summed E-state index contributed by atoms with van der Waals surface area (Å²) < 4.78 is 63.0. The van der Waals surface area contributed by atoms with Gasteiger partial charge in [-0.3, -0.25) is 9.84 Å². The van der Waals surface area contributed by atoms with Crippen LogP contribution in [0.2, 0.25) is 0 Å². The average molecular weight is 437 g/mol. The summed E-state index contributed by atoms with van der Waals surface area (Å²) in [6.45, 7) is 3.99. The molecule has 8 nitrogen and oxygen atoms in total. The minimum absolute atomic E-state index is 0.125. The SMILES string of the molecule is CNC(OP(=O)(O)O)c1cc(OCc2cc(F)c(F)cc2F)n(CCC(C)C)n1. The minimum atomic E-state index is -4.80. The Morgan fingerprint density at radius 1 is 1.17 bits per heavy atom. The van der Waals surface area contributed by atoms with Gasteiger partial charge in [-0.15, -0.1) is 0 Å². The Kier molecular flexibility index (Phi) is 7.84. The van der Waals surface area contributed by atoms with E-state index in [1.807, 2.05) is 13.8 Å². The first-order valence-electron chi connectivity index (χ1n) is 8.75. The molecule has 1 aromatic carbocycles. The van der Waals surface area contributed by atoms with Gasteiger partial charge in [0.1, 0.15) is 18.1 Å². The molecule has 1 unspecified atom stereocenters. The van der Waals surface area contributed by atoms with Crippen molar-refractivity contribution in [3.8, 4) is 5.88 Å². The number of ether oxygens (including phenoxy) is 1. The van der Waals surface area contributed by atoms with E-state index in [9.17, 15) is 17.7 Å². The zero-order valence-electron chi connectivity index (χ0n) is 16.1. The topological polar surface area (TPSA) is 106 Å². The number of nitrogens with zero attached hydrogens (tertiary/aromatic N) is 2. The monoisotopic (exact) mass is 437 g/mol. The second kappa shape index (κ2) is 9.73. The Hall–Kier alpha value is -1.91. The van der Waals surface area contributed by atoms with Crippen molar-refractivity contribution in [2.24, 2.45) is 5.92 Å². The number of phosphoric ester groups is 1. The zero-order valence-corrected chi connectivity index (χ0v) is 17.0. The standard InChI is InChI=1S/C17H23F3N3O5P/c1-10(2)4-5-23-16(8-15(22-23)17(21-3)28-29(24,25)26)27-9-11-6-13(19)14(20)7-12(11)18/h6-8,10,17,21H,4-5,9H2,1-3H3,(H2,24,25,26). The largest absolute Gasteiger partial charge is 0.473 e. The molecular formula is C17H23F3N3O5P. The maximum absolute atomic E-state index is 13.8. The van der Waals surface area contributed by atoms with Crippen LogP contribution in [0.1, 0.15) is 37.8 Å². The first-order chi connectivity index (χ1) is 13.5. The maximum atomic E-state index is 13.8. The quantitative estimate of drug-likeness (QED) is 0.298. The predicted molar refractivity (Wildman–Crippen MR) is 97.3 cm³/mol. The van der Waals surface area contributed by atoms with Gasteiger partial charge in [-0.25, -0.2) is 22.4 Å². The number of phosphoric acid groups is 1. The Morgan fingerprint density at radius 2 is 1.83 bits per heavy atom. The number of hydrogen-bond donors (Lipinski definition) is 3. The first-order valence-corrected chi connectivity index (χ1v) is 10.3. The lowest BCUT2D eigenvalue weighted by atomic mass is 10.1. The van der Waals surface area contributed by atoms with Crippen molar-refractivity contribution in [2.75, 3.05) is 7.05 Å². The molecule has 0 saturated heterocycles. The molecule has 162 valence electrons. The summed E-state index contributed by atoms with van der Waals surface area (Å²) >= 11 is 0. The lowest BCUT2D eigenvalue weighted by molar-refractivity contribution is 0.111. The predicted octanol–water partition coefficient (Wildman–Crippen LogP) is 3.25. The Morgan fingerprint density at radius 3 is 2.41 bits per heavy atom. The van der Waals surface area contributed by atoms with Crippen molar-refractivity contribution in [1.82, 2.24) is 15.1 Å². The van der Waals surface area contributed by atoms with Gasteiger partial charge in [0.2, 0.25) is 5.88 Å². The number of aromatic nitrogens is 2. The van der Waals surface area contributed by atoms with Crippen molar-refractivity contribution in [1.29, 1.82) is 0 Å². The molecule has 0 bridgehead atoms. The molecule has 0 radical (unpaired) electrons. The van der Waals surface area contributed by atoms with Gasteiger partial charge in [-0.1, -0.05) is 13.8 Å². The Balaban J connectivity index is 2.27. The highest BCUT2D eigenvalue weighted by Gasteiger charge is 2.26. The van der Waals surface area contributed by atoms with Gasteiger partial charge in [0.05, 0.1) is 0 Å². The average Bonchev–Trinajstić information content (AvgIpc) is 3.02. The van der Waals surface area contributed by atoms with Gasteiger partial charge in [0.15, 0.2) is 17.9 Å². The third-order valence-corrected chi connectivity index (χ3v) is 4.40. The maximum Gasteiger partial charge on any atom is 0.471 e. The van der Waals surface area contributed by atoms with Crippen LogP contribution in [0.25, 0.3) is 0 Å². The molecule has 2 aromatic rings. The third-order valence-electron chi connectivity index (χ3n) is 3.92. The van der Waals surface area contributed by atoms with Gasteiger partial charge in [-0.2, -0.15) is 5.10 Å². The number of hydrogen-bond acceptors (Lipinski definition) is 5. The highest BCUT2D eigenvalue weighted by molar-refractivity contribution is 7.46. The molecule has 12 heteroatoms. The van der Waals surface area contributed by atoms with Crippen molar-refractivity contribution < 1.29 is 36.8 Å². The summed E-state index contributed by atoms with van der Waals surface area (Å²) in [6, 6.07) is 2.50.